The number of rotatable bonds is 6. The van der Waals surface area contributed by atoms with Crippen molar-refractivity contribution in [3.05, 3.63) is 222 Å². The quantitative estimate of drug-likeness (QED) is 0.167. The lowest BCUT2D eigenvalue weighted by Gasteiger charge is -2.35. The normalized spacial score (nSPS) is 15.4. The molecule has 5 heteroatoms. The molecule has 2 atom stereocenters. The molecular formula is C58H40N2O3. The van der Waals surface area contributed by atoms with Gasteiger partial charge >= 0.3 is 0 Å². The van der Waals surface area contributed by atoms with Gasteiger partial charge in [-0.15, -0.1) is 0 Å². The summed E-state index contributed by atoms with van der Waals surface area (Å²) in [7, 11) is 0. The van der Waals surface area contributed by atoms with Gasteiger partial charge in [0.05, 0.1) is 22.8 Å². The Balaban J connectivity index is 1.08. The molecule has 3 heterocycles. The second kappa shape index (κ2) is 13.7. The van der Waals surface area contributed by atoms with E-state index >= 15 is 0 Å². The third-order valence-corrected chi connectivity index (χ3v) is 13.3. The predicted octanol–water partition coefficient (Wildman–Crippen LogP) is 16.1. The van der Waals surface area contributed by atoms with Gasteiger partial charge in [-0.3, -0.25) is 0 Å². The number of nitrogens with zero attached hydrogens (tertiary/aromatic N) is 2. The molecule has 1 aliphatic heterocycles. The van der Waals surface area contributed by atoms with Crippen LogP contribution in [0.2, 0.25) is 0 Å². The van der Waals surface area contributed by atoms with Crippen molar-refractivity contribution in [3.8, 4) is 5.75 Å². The highest BCUT2D eigenvalue weighted by Gasteiger charge is 2.42. The predicted molar refractivity (Wildman–Crippen MR) is 258 cm³/mol. The van der Waals surface area contributed by atoms with Crippen LogP contribution in [0.1, 0.15) is 39.8 Å². The lowest BCUT2D eigenvalue weighted by Crippen LogP contribution is -2.24. The van der Waals surface area contributed by atoms with Gasteiger partial charge in [-0.1, -0.05) is 146 Å². The zero-order valence-corrected chi connectivity index (χ0v) is 34.7. The number of anilines is 5. The number of hydrogen-bond donors (Lipinski definition) is 0. The van der Waals surface area contributed by atoms with Crippen LogP contribution in [0, 0.1) is 13.8 Å². The largest absolute Gasteiger partial charge is 0.484 e. The molecule has 2 aliphatic rings. The lowest BCUT2D eigenvalue weighted by atomic mass is 9.81. The average Bonchev–Trinajstić information content (AvgIpc) is 4.03. The summed E-state index contributed by atoms with van der Waals surface area (Å²) in [5.74, 6) is 0.806. The Hall–Kier alpha value is -8.02. The number of aryl methyl sites for hydroxylation is 2. The molecule has 0 bridgehead atoms. The molecule has 2 aromatic heterocycles. The standard InChI is InChI=1S/C58H40N2O3/c1-35-17-3-11-27-47(35)59(49-29-15-25-43-39-21-9-13-31-53(39)61-57(43)49)51-33-45-46-34-52(38-20-6-8-24-42(38)56(46)63-55(45)41-23-7-5-19-37(41)51)60(48-28-12-4-18-36(48)2)50-30-16-26-44-40-22-10-14-32-54(40)62-58(44)50/h3-34,45,55H,1-2H3. The first-order valence-electron chi connectivity index (χ1n) is 21.7. The van der Waals surface area contributed by atoms with E-state index in [1.807, 2.05) is 12.1 Å². The van der Waals surface area contributed by atoms with Crippen LogP contribution in [0.15, 0.2) is 203 Å². The van der Waals surface area contributed by atoms with Gasteiger partial charge in [0, 0.05) is 66.3 Å². The molecule has 5 nitrogen and oxygen atoms in total. The van der Waals surface area contributed by atoms with Crippen LogP contribution in [0.4, 0.5) is 28.4 Å². The summed E-state index contributed by atoms with van der Waals surface area (Å²) < 4.78 is 20.8. The summed E-state index contributed by atoms with van der Waals surface area (Å²) in [5.41, 5.74) is 15.5. The molecular weight excluding hydrogens is 773 g/mol. The lowest BCUT2D eigenvalue weighted by molar-refractivity contribution is 0.225. The van der Waals surface area contributed by atoms with Crippen LogP contribution in [0.3, 0.4) is 0 Å². The molecule has 300 valence electrons. The third kappa shape index (κ3) is 5.29. The van der Waals surface area contributed by atoms with Crippen LogP contribution < -0.4 is 14.5 Å². The number of benzene rings is 9. The van der Waals surface area contributed by atoms with Crippen molar-refractivity contribution >= 4 is 88.8 Å². The maximum Gasteiger partial charge on any atom is 0.159 e. The summed E-state index contributed by atoms with van der Waals surface area (Å²) in [6.07, 6.45) is 2.22. The van der Waals surface area contributed by atoms with Crippen molar-refractivity contribution in [1.82, 2.24) is 0 Å². The molecule has 9 aromatic carbocycles. The van der Waals surface area contributed by atoms with Gasteiger partial charge in [-0.2, -0.15) is 0 Å². The molecule has 0 saturated heterocycles. The molecule has 63 heavy (non-hydrogen) atoms. The first kappa shape index (κ1) is 35.7. The monoisotopic (exact) mass is 812 g/mol. The van der Waals surface area contributed by atoms with E-state index in [0.717, 1.165) is 122 Å². The Morgan fingerprint density at radius 1 is 0.397 bits per heavy atom. The van der Waals surface area contributed by atoms with Crippen LogP contribution in [-0.4, -0.2) is 0 Å². The molecule has 0 N–H and O–H groups in total. The van der Waals surface area contributed by atoms with Crippen molar-refractivity contribution in [1.29, 1.82) is 0 Å². The molecule has 0 saturated carbocycles. The van der Waals surface area contributed by atoms with E-state index in [1.54, 1.807) is 0 Å². The number of furan rings is 2. The topological polar surface area (TPSA) is 42.0 Å². The summed E-state index contributed by atoms with van der Waals surface area (Å²) in [5, 5.41) is 6.55. The van der Waals surface area contributed by atoms with Crippen LogP contribution in [0.25, 0.3) is 60.3 Å². The highest BCUT2D eigenvalue weighted by Crippen LogP contribution is 2.58. The van der Waals surface area contributed by atoms with E-state index in [0.29, 0.717) is 0 Å². The van der Waals surface area contributed by atoms with Gasteiger partial charge in [0.15, 0.2) is 11.2 Å². The van der Waals surface area contributed by atoms with Crippen molar-refractivity contribution in [2.75, 3.05) is 9.80 Å². The van der Waals surface area contributed by atoms with Gasteiger partial charge < -0.3 is 23.4 Å². The Bertz CT molecular complexity index is 3690. The first-order chi connectivity index (χ1) is 31.1. The minimum atomic E-state index is -0.231. The van der Waals surface area contributed by atoms with Crippen molar-refractivity contribution in [2.45, 2.75) is 25.9 Å². The number of para-hydroxylation sites is 6. The highest BCUT2D eigenvalue weighted by molar-refractivity contribution is 6.14. The van der Waals surface area contributed by atoms with Gasteiger partial charge in [0.2, 0.25) is 0 Å². The maximum absolute atomic E-state index is 7.29. The molecule has 2 unspecified atom stereocenters. The molecule has 0 fully saturated rings. The Labute approximate surface area is 364 Å². The molecule has 13 rings (SSSR count). The smallest absolute Gasteiger partial charge is 0.159 e. The van der Waals surface area contributed by atoms with E-state index in [4.69, 9.17) is 13.6 Å². The number of ether oxygens (including phenoxy) is 1. The molecule has 0 spiro atoms. The molecule has 0 amide bonds. The molecule has 1 aliphatic carbocycles. The summed E-state index contributed by atoms with van der Waals surface area (Å²) in [4.78, 5) is 4.82. The first-order valence-corrected chi connectivity index (χ1v) is 21.7. The fourth-order valence-electron chi connectivity index (χ4n) is 10.4. The Kier molecular flexibility index (Phi) is 7.79. The van der Waals surface area contributed by atoms with Crippen molar-refractivity contribution in [3.63, 3.8) is 0 Å². The summed E-state index contributed by atoms with van der Waals surface area (Å²) >= 11 is 0. The second-order valence-electron chi connectivity index (χ2n) is 16.8. The van der Waals surface area contributed by atoms with Gasteiger partial charge in [-0.25, -0.2) is 0 Å². The van der Waals surface area contributed by atoms with Gasteiger partial charge in [0.1, 0.15) is 23.0 Å². The van der Waals surface area contributed by atoms with Crippen LogP contribution in [-0.2, 0) is 0 Å². The highest BCUT2D eigenvalue weighted by atomic mass is 16.5. The average molecular weight is 813 g/mol. The summed E-state index contributed by atoms with van der Waals surface area (Å²) in [6, 6.07) is 66.8. The van der Waals surface area contributed by atoms with E-state index in [2.05, 4.69) is 206 Å². The Morgan fingerprint density at radius 3 is 1.54 bits per heavy atom. The van der Waals surface area contributed by atoms with Crippen molar-refractivity contribution < 1.29 is 13.6 Å². The van der Waals surface area contributed by atoms with Gasteiger partial charge in [-0.05, 0) is 73.5 Å². The van der Waals surface area contributed by atoms with E-state index < -0.39 is 0 Å². The minimum absolute atomic E-state index is 0.115. The van der Waals surface area contributed by atoms with E-state index in [1.165, 1.54) is 0 Å². The SMILES string of the molecule is Cc1ccccc1N(C1=CC2c3cc(N(c4ccccc4C)c4cccc5c4oc4ccccc45)c4ccccc4c3OC2c2ccccc21)c1cccc2c1oc1ccccc12. The number of fused-ring (bicyclic) bond motifs is 13. The van der Waals surface area contributed by atoms with Crippen molar-refractivity contribution in [2.24, 2.45) is 0 Å². The van der Waals surface area contributed by atoms with Gasteiger partial charge in [0.25, 0.3) is 0 Å². The fraction of sp³-hybridized carbons (Fsp3) is 0.0690. The zero-order valence-electron chi connectivity index (χ0n) is 34.7. The maximum atomic E-state index is 7.29. The van der Waals surface area contributed by atoms with E-state index in [-0.39, 0.29) is 12.0 Å². The second-order valence-corrected chi connectivity index (χ2v) is 16.8. The Morgan fingerprint density at radius 2 is 0.889 bits per heavy atom. The third-order valence-electron chi connectivity index (χ3n) is 13.3. The minimum Gasteiger partial charge on any atom is -0.484 e. The molecule has 11 aromatic rings. The number of hydrogen-bond acceptors (Lipinski definition) is 5. The molecule has 0 radical (unpaired) electrons. The van der Waals surface area contributed by atoms with E-state index in [9.17, 15) is 0 Å². The van der Waals surface area contributed by atoms with Crippen LogP contribution >= 0.6 is 0 Å². The van der Waals surface area contributed by atoms with Crippen LogP contribution in [0.5, 0.6) is 5.75 Å². The zero-order chi connectivity index (χ0) is 41.8. The fourth-order valence-corrected chi connectivity index (χ4v) is 10.4. The summed E-state index contributed by atoms with van der Waals surface area (Å²) in [6.45, 7) is 4.37.